The van der Waals surface area contributed by atoms with Gasteiger partial charge in [-0.2, -0.15) is 0 Å². The first kappa shape index (κ1) is 10.4. The lowest BCUT2D eigenvalue weighted by molar-refractivity contribution is -0.177. The first-order chi connectivity index (χ1) is 6.69. The Kier molecular flexibility index (Phi) is 2.55. The van der Waals surface area contributed by atoms with Crippen molar-refractivity contribution >= 4 is 0 Å². The molecule has 1 aliphatic heterocycles. The van der Waals surface area contributed by atoms with Crippen molar-refractivity contribution in [3.8, 4) is 0 Å². The summed E-state index contributed by atoms with van der Waals surface area (Å²) in [6.07, 6.45) is 3.61. The summed E-state index contributed by atoms with van der Waals surface area (Å²) in [7, 11) is 2.07. The fourth-order valence-electron chi connectivity index (χ4n) is 2.60. The SMILES string of the molecule is CN1C(CN)(CO)COCC12CCC2. The minimum absolute atomic E-state index is 0.0851. The normalized spacial score (nSPS) is 37.1. The van der Waals surface area contributed by atoms with Gasteiger partial charge in [-0.15, -0.1) is 0 Å². The molecule has 14 heavy (non-hydrogen) atoms. The number of likely N-dealkylation sites (N-methyl/N-ethyl adjacent to an activating group) is 1. The van der Waals surface area contributed by atoms with Gasteiger partial charge in [0, 0.05) is 12.1 Å². The van der Waals surface area contributed by atoms with Crippen LogP contribution in [0.4, 0.5) is 0 Å². The minimum atomic E-state index is -0.349. The molecule has 3 N–H and O–H groups in total. The third kappa shape index (κ3) is 1.21. The van der Waals surface area contributed by atoms with E-state index in [1.54, 1.807) is 0 Å². The number of rotatable bonds is 2. The van der Waals surface area contributed by atoms with Crippen LogP contribution in [0.1, 0.15) is 19.3 Å². The van der Waals surface area contributed by atoms with Gasteiger partial charge in [-0.25, -0.2) is 0 Å². The molecule has 1 unspecified atom stereocenters. The van der Waals surface area contributed by atoms with E-state index in [2.05, 4.69) is 11.9 Å². The number of nitrogens with zero attached hydrogens (tertiary/aromatic N) is 1. The second-order valence-corrected chi connectivity index (χ2v) is 4.72. The molecule has 0 aromatic rings. The van der Waals surface area contributed by atoms with Crippen LogP contribution in [0.15, 0.2) is 0 Å². The maximum absolute atomic E-state index is 9.46. The molecule has 0 bridgehead atoms. The fourth-order valence-corrected chi connectivity index (χ4v) is 2.60. The molecule has 4 heteroatoms. The summed E-state index contributed by atoms with van der Waals surface area (Å²) in [5.41, 5.74) is 5.58. The molecule has 0 radical (unpaired) electrons. The van der Waals surface area contributed by atoms with Gasteiger partial charge in [0.25, 0.3) is 0 Å². The number of ether oxygens (including phenoxy) is 1. The van der Waals surface area contributed by atoms with E-state index in [4.69, 9.17) is 10.5 Å². The van der Waals surface area contributed by atoms with Crippen LogP contribution in [0.25, 0.3) is 0 Å². The van der Waals surface area contributed by atoms with Crippen molar-refractivity contribution in [1.82, 2.24) is 4.90 Å². The van der Waals surface area contributed by atoms with Crippen LogP contribution in [0.2, 0.25) is 0 Å². The van der Waals surface area contributed by atoms with Crippen molar-refractivity contribution in [3.63, 3.8) is 0 Å². The average molecular weight is 200 g/mol. The van der Waals surface area contributed by atoms with Crippen LogP contribution < -0.4 is 5.73 Å². The summed E-state index contributed by atoms with van der Waals surface area (Å²) in [6, 6.07) is 0. The van der Waals surface area contributed by atoms with E-state index in [0.29, 0.717) is 13.2 Å². The van der Waals surface area contributed by atoms with Gasteiger partial charge in [0.1, 0.15) is 0 Å². The lowest BCUT2D eigenvalue weighted by Crippen LogP contribution is -2.72. The Morgan fingerprint density at radius 3 is 2.57 bits per heavy atom. The number of morpholine rings is 1. The Labute approximate surface area is 85.0 Å². The maximum atomic E-state index is 9.46. The Morgan fingerprint density at radius 2 is 2.14 bits per heavy atom. The molecule has 2 rings (SSSR count). The molecule has 2 aliphatic rings. The molecular formula is C10H20N2O2. The lowest BCUT2D eigenvalue weighted by atomic mass is 9.72. The van der Waals surface area contributed by atoms with Gasteiger partial charge >= 0.3 is 0 Å². The van der Waals surface area contributed by atoms with E-state index in [9.17, 15) is 5.11 Å². The van der Waals surface area contributed by atoms with Crippen LogP contribution in [0, 0.1) is 0 Å². The van der Waals surface area contributed by atoms with Crippen molar-refractivity contribution in [2.75, 3.05) is 33.4 Å². The molecule has 82 valence electrons. The largest absolute Gasteiger partial charge is 0.394 e. The molecule has 1 saturated heterocycles. The summed E-state index contributed by atoms with van der Waals surface area (Å²) in [4.78, 5) is 2.27. The molecule has 1 spiro atoms. The van der Waals surface area contributed by atoms with Crippen LogP contribution in [-0.2, 0) is 4.74 Å². The average Bonchev–Trinajstić information content (AvgIpc) is 2.16. The van der Waals surface area contributed by atoms with E-state index >= 15 is 0 Å². The van der Waals surface area contributed by atoms with Gasteiger partial charge in [0.2, 0.25) is 0 Å². The first-order valence-corrected chi connectivity index (χ1v) is 5.32. The maximum Gasteiger partial charge on any atom is 0.0802 e. The summed E-state index contributed by atoms with van der Waals surface area (Å²) in [5, 5.41) is 9.46. The quantitative estimate of drug-likeness (QED) is 0.634. The van der Waals surface area contributed by atoms with Gasteiger partial charge in [0.05, 0.1) is 25.4 Å². The van der Waals surface area contributed by atoms with Crippen LogP contribution in [0.3, 0.4) is 0 Å². The molecule has 1 aliphatic carbocycles. The minimum Gasteiger partial charge on any atom is -0.394 e. The van der Waals surface area contributed by atoms with Gasteiger partial charge in [-0.3, -0.25) is 4.90 Å². The Hall–Kier alpha value is -0.160. The zero-order chi connectivity index (χ0) is 10.2. The molecule has 0 amide bonds. The van der Waals surface area contributed by atoms with Crippen molar-refractivity contribution in [3.05, 3.63) is 0 Å². The van der Waals surface area contributed by atoms with E-state index < -0.39 is 0 Å². The topological polar surface area (TPSA) is 58.7 Å². The molecule has 4 nitrogen and oxygen atoms in total. The fraction of sp³-hybridized carbons (Fsp3) is 1.00. The number of aliphatic hydroxyl groups is 1. The molecule has 1 atom stereocenters. The summed E-state index contributed by atoms with van der Waals surface area (Å²) >= 11 is 0. The molecule has 0 aromatic carbocycles. The van der Waals surface area contributed by atoms with E-state index in [-0.39, 0.29) is 17.7 Å². The zero-order valence-corrected chi connectivity index (χ0v) is 8.83. The number of nitrogens with two attached hydrogens (primary N) is 1. The van der Waals surface area contributed by atoms with Crippen molar-refractivity contribution in [2.45, 2.75) is 30.3 Å². The molecule has 1 heterocycles. The van der Waals surface area contributed by atoms with Gasteiger partial charge in [-0.05, 0) is 26.3 Å². The highest BCUT2D eigenvalue weighted by atomic mass is 16.5. The van der Waals surface area contributed by atoms with E-state index in [0.717, 1.165) is 6.61 Å². The Balaban J connectivity index is 2.18. The highest BCUT2D eigenvalue weighted by Crippen LogP contribution is 2.43. The van der Waals surface area contributed by atoms with Crippen LogP contribution in [0.5, 0.6) is 0 Å². The standard InChI is InChI=1S/C10H20N2O2/c1-12-9(3-2-4-9)7-14-8-10(12,5-11)6-13/h13H,2-8,11H2,1H3. The highest BCUT2D eigenvalue weighted by molar-refractivity contribution is 5.07. The molecular weight excluding hydrogens is 180 g/mol. The summed E-state index contributed by atoms with van der Waals surface area (Å²) < 4.78 is 5.61. The third-order valence-electron chi connectivity index (χ3n) is 4.12. The van der Waals surface area contributed by atoms with E-state index in [1.165, 1.54) is 19.3 Å². The van der Waals surface area contributed by atoms with E-state index in [1.807, 2.05) is 0 Å². The van der Waals surface area contributed by atoms with Crippen LogP contribution in [-0.4, -0.2) is 54.5 Å². The smallest absolute Gasteiger partial charge is 0.0802 e. The van der Waals surface area contributed by atoms with Gasteiger partial charge in [0.15, 0.2) is 0 Å². The first-order valence-electron chi connectivity index (χ1n) is 5.32. The Morgan fingerprint density at radius 1 is 1.43 bits per heavy atom. The predicted molar refractivity (Wildman–Crippen MR) is 54.0 cm³/mol. The highest BCUT2D eigenvalue weighted by Gasteiger charge is 2.52. The third-order valence-corrected chi connectivity index (χ3v) is 4.12. The second-order valence-electron chi connectivity index (χ2n) is 4.72. The summed E-state index contributed by atoms with van der Waals surface area (Å²) in [5.74, 6) is 0. The predicted octanol–water partition coefficient (Wildman–Crippen LogP) is -0.439. The summed E-state index contributed by atoms with van der Waals surface area (Å²) in [6.45, 7) is 1.90. The molecule has 2 fully saturated rings. The lowest BCUT2D eigenvalue weighted by Gasteiger charge is -2.59. The second kappa shape index (κ2) is 3.45. The zero-order valence-electron chi connectivity index (χ0n) is 8.83. The van der Waals surface area contributed by atoms with Crippen LogP contribution >= 0.6 is 0 Å². The van der Waals surface area contributed by atoms with Gasteiger partial charge < -0.3 is 15.6 Å². The number of aliphatic hydroxyl groups excluding tert-OH is 1. The monoisotopic (exact) mass is 200 g/mol. The van der Waals surface area contributed by atoms with Gasteiger partial charge in [-0.1, -0.05) is 0 Å². The Bertz CT molecular complexity index is 212. The molecule has 1 saturated carbocycles. The van der Waals surface area contributed by atoms with Crippen molar-refractivity contribution in [2.24, 2.45) is 5.73 Å². The molecule has 0 aromatic heterocycles. The van der Waals surface area contributed by atoms with Crippen molar-refractivity contribution in [1.29, 1.82) is 0 Å². The number of hydrogen-bond acceptors (Lipinski definition) is 4. The van der Waals surface area contributed by atoms with Crippen molar-refractivity contribution < 1.29 is 9.84 Å². The number of hydrogen-bond donors (Lipinski definition) is 2.